The first-order valence-corrected chi connectivity index (χ1v) is 12.1. The maximum absolute atomic E-state index is 6.16. The second-order valence-corrected chi connectivity index (χ2v) is 9.45. The van der Waals surface area contributed by atoms with Crippen molar-refractivity contribution < 1.29 is 0 Å². The smallest absolute Gasteiger partial charge is 0.0534 e. The van der Waals surface area contributed by atoms with Gasteiger partial charge >= 0.3 is 0 Å². The lowest BCUT2D eigenvalue weighted by Crippen LogP contribution is -2.32. The molecule has 1 aromatic heterocycles. The third kappa shape index (κ3) is 4.74. The van der Waals surface area contributed by atoms with Gasteiger partial charge in [-0.25, -0.2) is 0 Å². The van der Waals surface area contributed by atoms with Crippen molar-refractivity contribution in [2.75, 3.05) is 24.6 Å². The monoisotopic (exact) mass is 424 g/mol. The Balaban J connectivity index is 1.74. The molecule has 4 heteroatoms. The lowest BCUT2D eigenvalue weighted by molar-refractivity contribution is 0.294. The van der Waals surface area contributed by atoms with Crippen LogP contribution in [0.4, 0.5) is 0 Å². The van der Waals surface area contributed by atoms with Gasteiger partial charge in [-0.05, 0) is 60.4 Å². The number of thioether (sulfide) groups is 1. The Kier molecular flexibility index (Phi) is 6.69. The largest absolute Gasteiger partial charge is 0.314 e. The van der Waals surface area contributed by atoms with Crippen LogP contribution in [0.3, 0.4) is 0 Å². The summed E-state index contributed by atoms with van der Waals surface area (Å²) >= 11 is 8.22. The van der Waals surface area contributed by atoms with E-state index in [1.165, 1.54) is 64.8 Å². The predicted octanol–water partition coefficient (Wildman–Crippen LogP) is 6.61. The van der Waals surface area contributed by atoms with E-state index in [2.05, 4.69) is 77.5 Å². The molecule has 0 atom stereocenters. The minimum atomic E-state index is 0.773. The predicted molar refractivity (Wildman–Crippen MR) is 128 cm³/mol. The van der Waals surface area contributed by atoms with Gasteiger partial charge in [-0.15, -0.1) is 0 Å². The first-order valence-electron chi connectivity index (χ1n) is 10.5. The first kappa shape index (κ1) is 20.6. The number of aromatic nitrogens is 1. The Labute approximate surface area is 183 Å². The zero-order chi connectivity index (χ0) is 20.2. The molecule has 2 nitrogen and oxygen atoms in total. The van der Waals surface area contributed by atoms with E-state index >= 15 is 0 Å². The summed E-state index contributed by atoms with van der Waals surface area (Å²) in [7, 11) is 0. The molecular formula is C25H29ClN2S. The molecule has 4 rings (SSSR count). The van der Waals surface area contributed by atoms with Crippen LogP contribution in [0.25, 0.3) is 16.9 Å². The van der Waals surface area contributed by atoms with Gasteiger partial charge < -0.3 is 4.57 Å². The molecule has 29 heavy (non-hydrogen) atoms. The van der Waals surface area contributed by atoms with E-state index < -0.39 is 0 Å². The van der Waals surface area contributed by atoms with Gasteiger partial charge in [0, 0.05) is 47.5 Å². The lowest BCUT2D eigenvalue weighted by Gasteiger charge is -2.26. The molecule has 0 spiro atoms. The number of rotatable bonds is 6. The minimum absolute atomic E-state index is 0.773. The van der Waals surface area contributed by atoms with Gasteiger partial charge in [-0.1, -0.05) is 49.2 Å². The summed E-state index contributed by atoms with van der Waals surface area (Å²) in [5.74, 6) is 2.48. The number of benzene rings is 2. The fraction of sp³-hybridized carbons (Fsp3) is 0.360. The molecule has 3 aromatic rings. The van der Waals surface area contributed by atoms with Gasteiger partial charge in [0.2, 0.25) is 0 Å². The number of hydrogen-bond acceptors (Lipinski definition) is 2. The molecule has 0 amide bonds. The molecule has 2 aromatic carbocycles. The molecule has 0 radical (unpaired) electrons. The van der Waals surface area contributed by atoms with Crippen LogP contribution >= 0.6 is 23.4 Å². The van der Waals surface area contributed by atoms with Gasteiger partial charge in [0.15, 0.2) is 0 Å². The van der Waals surface area contributed by atoms with Gasteiger partial charge in [0.05, 0.1) is 5.69 Å². The summed E-state index contributed by atoms with van der Waals surface area (Å²) < 4.78 is 2.39. The van der Waals surface area contributed by atoms with Crippen molar-refractivity contribution in [2.24, 2.45) is 0 Å². The summed E-state index contributed by atoms with van der Waals surface area (Å²) in [6.07, 6.45) is 2.31. The van der Waals surface area contributed by atoms with Crippen LogP contribution < -0.4 is 0 Å². The molecule has 1 saturated heterocycles. The number of nitrogens with zero attached hydrogens (tertiary/aromatic N) is 2. The average molecular weight is 425 g/mol. The molecule has 1 aliphatic rings. The first-order chi connectivity index (χ1) is 14.2. The summed E-state index contributed by atoms with van der Waals surface area (Å²) in [4.78, 5) is 2.58. The van der Waals surface area contributed by atoms with Crippen molar-refractivity contribution in [3.8, 4) is 16.9 Å². The number of aryl methyl sites for hydroxylation is 1. The fourth-order valence-corrected chi connectivity index (χ4v) is 5.19. The molecule has 0 saturated carbocycles. The van der Waals surface area contributed by atoms with E-state index in [1.54, 1.807) is 0 Å². The third-order valence-corrected chi connectivity index (χ3v) is 6.92. The van der Waals surface area contributed by atoms with Crippen LogP contribution in [-0.4, -0.2) is 34.1 Å². The van der Waals surface area contributed by atoms with Crippen LogP contribution in [0.15, 0.2) is 54.6 Å². The average Bonchev–Trinajstić information content (AvgIpc) is 3.06. The Hall–Kier alpha value is -1.68. The summed E-state index contributed by atoms with van der Waals surface area (Å²) in [5.41, 5.74) is 7.83. The van der Waals surface area contributed by atoms with Crippen molar-refractivity contribution in [1.82, 2.24) is 9.47 Å². The molecule has 0 unspecified atom stereocenters. The highest BCUT2D eigenvalue weighted by Crippen LogP contribution is 2.31. The van der Waals surface area contributed by atoms with Gasteiger partial charge in [-0.3, -0.25) is 4.90 Å². The summed E-state index contributed by atoms with van der Waals surface area (Å²) in [5, 5.41) is 0.773. The molecule has 2 heterocycles. The van der Waals surface area contributed by atoms with E-state index in [1.807, 2.05) is 12.1 Å². The number of hydrogen-bond donors (Lipinski definition) is 0. The highest BCUT2D eigenvalue weighted by atomic mass is 35.5. The van der Waals surface area contributed by atoms with Crippen molar-refractivity contribution in [1.29, 1.82) is 0 Å². The zero-order valence-corrected chi connectivity index (χ0v) is 18.9. The van der Waals surface area contributed by atoms with Crippen molar-refractivity contribution in [3.63, 3.8) is 0 Å². The molecule has 1 fully saturated rings. The molecule has 0 bridgehead atoms. The molecule has 0 aliphatic carbocycles. The Bertz CT molecular complexity index is 938. The lowest BCUT2D eigenvalue weighted by atomic mass is 10.1. The second-order valence-electron chi connectivity index (χ2n) is 7.79. The fourth-order valence-electron chi connectivity index (χ4n) is 4.08. The minimum Gasteiger partial charge on any atom is -0.314 e. The summed E-state index contributed by atoms with van der Waals surface area (Å²) in [6, 6.07) is 19.7. The van der Waals surface area contributed by atoms with Gasteiger partial charge in [0.1, 0.15) is 0 Å². The van der Waals surface area contributed by atoms with Crippen molar-refractivity contribution in [2.45, 2.75) is 33.2 Å². The number of halogens is 1. The van der Waals surface area contributed by atoms with Gasteiger partial charge in [0.25, 0.3) is 0 Å². The molecule has 152 valence electrons. The van der Waals surface area contributed by atoms with Crippen LogP contribution in [0.1, 0.15) is 30.2 Å². The van der Waals surface area contributed by atoms with Crippen LogP contribution in [0.2, 0.25) is 5.02 Å². The van der Waals surface area contributed by atoms with E-state index in [0.29, 0.717) is 0 Å². The van der Waals surface area contributed by atoms with Crippen molar-refractivity contribution in [3.05, 3.63) is 76.4 Å². The maximum Gasteiger partial charge on any atom is 0.0534 e. The topological polar surface area (TPSA) is 8.17 Å². The Morgan fingerprint density at radius 3 is 2.31 bits per heavy atom. The Morgan fingerprint density at radius 1 is 0.966 bits per heavy atom. The standard InChI is InChI=1S/C25H29ClN2S/c1-3-4-20-5-7-21(8-6-20)25-17-22(18-27-13-15-29-16-14-27)19(2)28(25)24-11-9-23(26)10-12-24/h5-12,17H,3-4,13-16,18H2,1-2H3. The summed E-state index contributed by atoms with van der Waals surface area (Å²) in [6.45, 7) is 7.86. The SMILES string of the molecule is CCCc1ccc(-c2cc(CN3CCSCC3)c(C)n2-c2ccc(Cl)cc2)cc1. The van der Waals surface area contributed by atoms with Crippen molar-refractivity contribution >= 4 is 23.4 Å². The second kappa shape index (κ2) is 9.42. The van der Waals surface area contributed by atoms with Crippen LogP contribution in [0.5, 0.6) is 0 Å². The normalized spacial score (nSPS) is 15.0. The molecule has 1 aliphatic heterocycles. The van der Waals surface area contributed by atoms with E-state index in [-0.39, 0.29) is 0 Å². The van der Waals surface area contributed by atoms with Crippen LogP contribution in [-0.2, 0) is 13.0 Å². The third-order valence-electron chi connectivity index (χ3n) is 5.72. The van der Waals surface area contributed by atoms with E-state index in [9.17, 15) is 0 Å². The van der Waals surface area contributed by atoms with Gasteiger partial charge in [-0.2, -0.15) is 11.8 Å². The zero-order valence-electron chi connectivity index (χ0n) is 17.3. The highest BCUT2D eigenvalue weighted by molar-refractivity contribution is 7.99. The Morgan fingerprint density at radius 2 is 1.66 bits per heavy atom. The molecule has 0 N–H and O–H groups in total. The van der Waals surface area contributed by atoms with E-state index in [4.69, 9.17) is 11.6 Å². The molecular weight excluding hydrogens is 396 g/mol. The quantitative estimate of drug-likeness (QED) is 0.440. The van der Waals surface area contributed by atoms with E-state index in [0.717, 1.165) is 18.0 Å². The maximum atomic E-state index is 6.16. The highest BCUT2D eigenvalue weighted by Gasteiger charge is 2.18. The van der Waals surface area contributed by atoms with Crippen LogP contribution in [0, 0.1) is 6.92 Å².